The van der Waals surface area contributed by atoms with Crippen molar-refractivity contribution in [3.63, 3.8) is 0 Å². The predicted molar refractivity (Wildman–Crippen MR) is 120 cm³/mol. The summed E-state index contributed by atoms with van der Waals surface area (Å²) in [6, 6.07) is 32.2. The maximum atomic E-state index is 12.3. The third-order valence-corrected chi connectivity index (χ3v) is 7.46. The number of hydrogen-bond acceptors (Lipinski definition) is 2. The van der Waals surface area contributed by atoms with Crippen molar-refractivity contribution >= 4 is 10.8 Å². The Morgan fingerprint density at radius 1 is 0.759 bits per heavy atom. The van der Waals surface area contributed by atoms with Gasteiger partial charge in [0.25, 0.3) is 0 Å². The van der Waals surface area contributed by atoms with Gasteiger partial charge in [-0.2, -0.15) is 0 Å². The molecule has 2 atom stereocenters. The highest BCUT2D eigenvalue weighted by Crippen LogP contribution is 2.45. The second kappa shape index (κ2) is 7.49. The number of nitrogens with zero attached hydrogens (tertiary/aromatic N) is 1. The van der Waals surface area contributed by atoms with E-state index in [4.69, 9.17) is 0 Å². The van der Waals surface area contributed by atoms with Crippen LogP contribution in [-0.2, 0) is 16.3 Å². The first-order chi connectivity index (χ1) is 14.3. The molecule has 29 heavy (non-hydrogen) atoms. The van der Waals surface area contributed by atoms with E-state index in [0.717, 1.165) is 13.0 Å². The van der Waals surface area contributed by atoms with Gasteiger partial charge in [0.2, 0.25) is 0 Å². The molecule has 0 fully saturated rings. The molecule has 0 saturated carbocycles. The van der Waals surface area contributed by atoms with Crippen molar-refractivity contribution in [3.8, 4) is 0 Å². The SMILES string of the molecule is O=[S@@]1C=CC2=CN(C(c3ccccc3)(c3ccccc3)c3ccccc3)CC[C@H]21. The van der Waals surface area contributed by atoms with Gasteiger partial charge in [-0.25, -0.2) is 0 Å². The van der Waals surface area contributed by atoms with E-state index in [0.29, 0.717) is 0 Å². The molecule has 0 aromatic heterocycles. The Hall–Kier alpha value is -2.91. The molecule has 3 heteroatoms. The number of hydrogen-bond donors (Lipinski definition) is 0. The topological polar surface area (TPSA) is 20.3 Å². The molecule has 2 aliphatic rings. The average Bonchev–Trinajstić information content (AvgIpc) is 3.17. The summed E-state index contributed by atoms with van der Waals surface area (Å²) >= 11 is 0. The summed E-state index contributed by atoms with van der Waals surface area (Å²) in [6.07, 6.45) is 5.17. The van der Waals surface area contributed by atoms with Crippen LogP contribution in [-0.4, -0.2) is 20.9 Å². The summed E-state index contributed by atoms with van der Waals surface area (Å²) in [5.41, 5.74) is 4.42. The van der Waals surface area contributed by atoms with Crippen LogP contribution in [0.4, 0.5) is 0 Å². The summed E-state index contributed by atoms with van der Waals surface area (Å²) in [5, 5.41) is 1.97. The summed E-state index contributed by atoms with van der Waals surface area (Å²) < 4.78 is 12.3. The molecule has 0 radical (unpaired) electrons. The maximum Gasteiger partial charge on any atom is 0.116 e. The van der Waals surface area contributed by atoms with Gasteiger partial charge in [0.1, 0.15) is 5.54 Å². The summed E-state index contributed by atoms with van der Waals surface area (Å²) in [7, 11) is -0.890. The Kier molecular flexibility index (Phi) is 4.69. The molecule has 0 amide bonds. The number of allylic oxidation sites excluding steroid dienone is 1. The van der Waals surface area contributed by atoms with Crippen LogP contribution in [0.3, 0.4) is 0 Å². The Labute approximate surface area is 174 Å². The average molecular weight is 398 g/mol. The van der Waals surface area contributed by atoms with Crippen LogP contribution < -0.4 is 0 Å². The molecule has 2 heterocycles. The van der Waals surface area contributed by atoms with Crippen LogP contribution in [0, 0.1) is 0 Å². The molecule has 0 aliphatic carbocycles. The van der Waals surface area contributed by atoms with Gasteiger partial charge < -0.3 is 4.90 Å². The molecule has 0 saturated heterocycles. The van der Waals surface area contributed by atoms with Gasteiger partial charge in [-0.15, -0.1) is 0 Å². The van der Waals surface area contributed by atoms with Crippen molar-refractivity contribution in [2.24, 2.45) is 0 Å². The smallest absolute Gasteiger partial charge is 0.116 e. The quantitative estimate of drug-likeness (QED) is 0.563. The lowest BCUT2D eigenvalue weighted by Crippen LogP contribution is -2.48. The van der Waals surface area contributed by atoms with Crippen LogP contribution >= 0.6 is 0 Å². The van der Waals surface area contributed by atoms with Crippen LogP contribution in [0.15, 0.2) is 114 Å². The van der Waals surface area contributed by atoms with Crippen LogP contribution in [0.1, 0.15) is 23.1 Å². The third kappa shape index (κ3) is 2.97. The summed E-state index contributed by atoms with van der Waals surface area (Å²) in [5.74, 6) is 0. The first-order valence-corrected chi connectivity index (χ1v) is 11.3. The maximum absolute atomic E-state index is 12.3. The van der Waals surface area contributed by atoms with E-state index in [1.54, 1.807) is 0 Å². The van der Waals surface area contributed by atoms with Gasteiger partial charge >= 0.3 is 0 Å². The molecule has 3 aromatic carbocycles. The van der Waals surface area contributed by atoms with Gasteiger partial charge in [0.15, 0.2) is 0 Å². The Morgan fingerprint density at radius 3 is 1.72 bits per heavy atom. The van der Waals surface area contributed by atoms with E-state index < -0.39 is 16.3 Å². The molecule has 0 unspecified atom stereocenters. The van der Waals surface area contributed by atoms with Crippen molar-refractivity contribution in [1.82, 2.24) is 4.90 Å². The fraction of sp³-hybridized carbons (Fsp3) is 0.154. The normalized spacial score (nSPS) is 21.0. The fourth-order valence-corrected chi connectivity index (χ4v) is 5.92. The van der Waals surface area contributed by atoms with E-state index in [1.165, 1.54) is 22.3 Å². The standard InChI is InChI=1S/C26H23NOS/c28-29-19-17-21-20-27(18-16-25(21)29)26(22-10-4-1-5-11-22,23-12-6-2-7-13-23)24-14-8-3-9-15-24/h1-15,17,19-20,25H,16,18H2/t25-,29-/m1/s1. The highest BCUT2D eigenvalue weighted by molar-refractivity contribution is 7.89. The molecule has 5 rings (SSSR count). The molecular formula is C26H23NOS. The van der Waals surface area contributed by atoms with Crippen molar-refractivity contribution in [2.45, 2.75) is 17.2 Å². The van der Waals surface area contributed by atoms with Crippen LogP contribution in [0.5, 0.6) is 0 Å². The first-order valence-electron chi connectivity index (χ1n) is 10.0. The third-order valence-electron chi connectivity index (χ3n) is 5.99. The molecule has 2 nitrogen and oxygen atoms in total. The van der Waals surface area contributed by atoms with E-state index in [9.17, 15) is 4.21 Å². The van der Waals surface area contributed by atoms with Crippen molar-refractivity contribution in [3.05, 3.63) is 131 Å². The van der Waals surface area contributed by atoms with E-state index in [1.807, 2.05) is 11.5 Å². The minimum absolute atomic E-state index is 0.131. The highest BCUT2D eigenvalue weighted by atomic mass is 32.2. The Bertz CT molecular complexity index is 977. The van der Waals surface area contributed by atoms with Gasteiger partial charge in [-0.3, -0.25) is 4.21 Å². The molecule has 0 N–H and O–H groups in total. The largest absolute Gasteiger partial charge is 0.360 e. The van der Waals surface area contributed by atoms with E-state index in [2.05, 4.69) is 102 Å². The molecule has 0 bridgehead atoms. The Morgan fingerprint density at radius 2 is 1.24 bits per heavy atom. The van der Waals surface area contributed by atoms with E-state index >= 15 is 0 Å². The molecular weight excluding hydrogens is 374 g/mol. The van der Waals surface area contributed by atoms with Crippen molar-refractivity contribution < 1.29 is 4.21 Å². The number of benzene rings is 3. The minimum atomic E-state index is -0.890. The zero-order valence-electron chi connectivity index (χ0n) is 16.1. The van der Waals surface area contributed by atoms with Crippen LogP contribution in [0.25, 0.3) is 0 Å². The zero-order valence-corrected chi connectivity index (χ0v) is 17.0. The molecule has 0 spiro atoms. The van der Waals surface area contributed by atoms with Gasteiger partial charge in [-0.05, 0) is 34.8 Å². The molecule has 144 valence electrons. The minimum Gasteiger partial charge on any atom is -0.360 e. The lowest BCUT2D eigenvalue weighted by atomic mass is 9.75. The predicted octanol–water partition coefficient (Wildman–Crippen LogP) is 5.21. The lowest BCUT2D eigenvalue weighted by Gasteiger charge is -2.47. The summed E-state index contributed by atoms with van der Waals surface area (Å²) in [6.45, 7) is 0.847. The number of rotatable bonds is 4. The zero-order chi connectivity index (χ0) is 19.7. The van der Waals surface area contributed by atoms with E-state index in [-0.39, 0.29) is 5.25 Å². The second-order valence-corrected chi connectivity index (χ2v) is 9.04. The highest BCUT2D eigenvalue weighted by Gasteiger charge is 2.43. The monoisotopic (exact) mass is 397 g/mol. The lowest BCUT2D eigenvalue weighted by molar-refractivity contribution is 0.219. The first kappa shape index (κ1) is 18.1. The summed E-state index contributed by atoms with van der Waals surface area (Å²) in [4.78, 5) is 2.45. The van der Waals surface area contributed by atoms with Gasteiger partial charge in [-0.1, -0.05) is 91.0 Å². The van der Waals surface area contributed by atoms with Crippen molar-refractivity contribution in [1.29, 1.82) is 0 Å². The number of fused-ring (bicyclic) bond motifs is 1. The molecule has 2 aliphatic heterocycles. The Balaban J connectivity index is 1.80. The fourth-order valence-electron chi connectivity index (χ4n) is 4.69. The second-order valence-electron chi connectivity index (χ2n) is 7.54. The van der Waals surface area contributed by atoms with Crippen LogP contribution in [0.2, 0.25) is 0 Å². The van der Waals surface area contributed by atoms with Gasteiger partial charge in [0, 0.05) is 18.2 Å². The van der Waals surface area contributed by atoms with Gasteiger partial charge in [0.05, 0.1) is 16.0 Å². The van der Waals surface area contributed by atoms with Crippen molar-refractivity contribution in [2.75, 3.05) is 6.54 Å². The molecule has 3 aromatic rings.